The van der Waals surface area contributed by atoms with Gasteiger partial charge in [-0.05, 0) is 25.1 Å². The largest absolute Gasteiger partial charge is 0.496 e. The van der Waals surface area contributed by atoms with Gasteiger partial charge in [-0.15, -0.1) is 0 Å². The van der Waals surface area contributed by atoms with Gasteiger partial charge in [0.2, 0.25) is 5.95 Å². The second-order valence-electron chi connectivity index (χ2n) is 3.81. The quantitative estimate of drug-likeness (QED) is 0.876. The number of methoxy groups -OCH3 is 1. The number of carbonyl (C=O) groups is 1. The molecular formula is C13H12ClN3O2. The zero-order valence-electron chi connectivity index (χ0n) is 10.5. The van der Waals surface area contributed by atoms with E-state index in [1.54, 1.807) is 37.3 Å². The number of nitrogens with one attached hydrogen (secondary N) is 1. The maximum Gasteiger partial charge on any atom is 0.261 e. The third kappa shape index (κ3) is 3.20. The molecule has 0 aliphatic rings. The Morgan fingerprint density at radius 2 is 2.05 bits per heavy atom. The van der Waals surface area contributed by atoms with Gasteiger partial charge in [0.15, 0.2) is 0 Å². The fourth-order valence-electron chi connectivity index (χ4n) is 1.59. The molecule has 0 aliphatic carbocycles. The van der Waals surface area contributed by atoms with Crippen molar-refractivity contribution in [2.45, 2.75) is 6.92 Å². The maximum atomic E-state index is 12.1. The van der Waals surface area contributed by atoms with Crippen LogP contribution in [-0.4, -0.2) is 23.0 Å². The van der Waals surface area contributed by atoms with E-state index in [2.05, 4.69) is 15.3 Å². The molecular weight excluding hydrogens is 266 g/mol. The fraction of sp³-hybridized carbons (Fsp3) is 0.154. The van der Waals surface area contributed by atoms with Gasteiger partial charge in [0.05, 0.1) is 12.7 Å². The van der Waals surface area contributed by atoms with Crippen LogP contribution in [0.5, 0.6) is 5.75 Å². The van der Waals surface area contributed by atoms with Crippen LogP contribution in [0.3, 0.4) is 0 Å². The first-order chi connectivity index (χ1) is 9.10. The number of hydrogen-bond acceptors (Lipinski definition) is 4. The molecule has 0 unspecified atom stereocenters. The lowest BCUT2D eigenvalue weighted by Crippen LogP contribution is -2.15. The summed E-state index contributed by atoms with van der Waals surface area (Å²) < 4.78 is 5.12. The van der Waals surface area contributed by atoms with Gasteiger partial charge in [0.25, 0.3) is 5.91 Å². The predicted octanol–water partition coefficient (Wildman–Crippen LogP) is 2.70. The molecule has 1 amide bonds. The third-order valence-corrected chi connectivity index (χ3v) is 2.59. The summed E-state index contributed by atoms with van der Waals surface area (Å²) in [6.45, 7) is 1.77. The summed E-state index contributed by atoms with van der Waals surface area (Å²) in [5.41, 5.74) is 1.08. The van der Waals surface area contributed by atoms with E-state index in [0.29, 0.717) is 17.0 Å². The highest BCUT2D eigenvalue weighted by atomic mass is 35.5. The van der Waals surface area contributed by atoms with E-state index in [1.807, 2.05) is 0 Å². The van der Waals surface area contributed by atoms with Crippen LogP contribution < -0.4 is 10.1 Å². The lowest BCUT2D eigenvalue weighted by atomic mass is 10.2. The first kappa shape index (κ1) is 13.3. The van der Waals surface area contributed by atoms with Crippen LogP contribution in [0.1, 0.15) is 16.1 Å². The van der Waals surface area contributed by atoms with Gasteiger partial charge in [-0.2, -0.15) is 0 Å². The number of aromatic nitrogens is 2. The molecule has 2 rings (SSSR count). The van der Waals surface area contributed by atoms with E-state index in [4.69, 9.17) is 16.3 Å². The average molecular weight is 278 g/mol. The summed E-state index contributed by atoms with van der Waals surface area (Å²) in [5, 5.41) is 2.87. The lowest BCUT2D eigenvalue weighted by molar-refractivity contribution is 0.102. The molecule has 0 fully saturated rings. The minimum Gasteiger partial charge on any atom is -0.496 e. The molecule has 1 aromatic carbocycles. The minimum atomic E-state index is -0.348. The molecule has 0 radical (unpaired) electrons. The van der Waals surface area contributed by atoms with E-state index < -0.39 is 0 Å². The Kier molecular flexibility index (Phi) is 3.97. The number of hydrogen-bond donors (Lipinski definition) is 1. The van der Waals surface area contributed by atoms with E-state index in [-0.39, 0.29) is 17.0 Å². The summed E-state index contributed by atoms with van der Waals surface area (Å²) in [7, 11) is 1.51. The second kappa shape index (κ2) is 5.67. The number of anilines is 1. The molecule has 1 aromatic heterocycles. The van der Waals surface area contributed by atoms with Crippen molar-refractivity contribution in [3.63, 3.8) is 0 Å². The number of halogens is 1. The molecule has 6 heteroatoms. The van der Waals surface area contributed by atoms with Crippen molar-refractivity contribution in [2.75, 3.05) is 12.4 Å². The van der Waals surface area contributed by atoms with E-state index in [0.717, 1.165) is 0 Å². The highest BCUT2D eigenvalue weighted by molar-refractivity contribution is 6.29. The first-order valence-electron chi connectivity index (χ1n) is 5.55. The van der Waals surface area contributed by atoms with Gasteiger partial charge >= 0.3 is 0 Å². The van der Waals surface area contributed by atoms with Crippen LogP contribution in [0, 0.1) is 6.92 Å². The number of para-hydroxylation sites is 1. The normalized spacial score (nSPS) is 10.1. The van der Waals surface area contributed by atoms with Crippen molar-refractivity contribution >= 4 is 23.5 Å². The Hall–Kier alpha value is -2.14. The smallest absolute Gasteiger partial charge is 0.261 e. The fourth-order valence-corrected chi connectivity index (χ4v) is 1.83. The molecule has 0 aliphatic heterocycles. The zero-order chi connectivity index (χ0) is 13.8. The molecule has 0 spiro atoms. The van der Waals surface area contributed by atoms with E-state index >= 15 is 0 Å². The molecule has 1 N–H and O–H groups in total. The minimum absolute atomic E-state index is 0.168. The highest BCUT2D eigenvalue weighted by Gasteiger charge is 2.13. The number of rotatable bonds is 3. The van der Waals surface area contributed by atoms with Crippen molar-refractivity contribution in [1.29, 1.82) is 0 Å². The van der Waals surface area contributed by atoms with Crippen molar-refractivity contribution < 1.29 is 9.53 Å². The monoisotopic (exact) mass is 277 g/mol. The standard InChI is InChI=1S/C13H12ClN3O2/c1-8-7-11(14)16-13(15-8)17-12(18)9-5-3-4-6-10(9)19-2/h3-7H,1-2H3,(H,15,16,17,18). The van der Waals surface area contributed by atoms with Crippen molar-refractivity contribution in [2.24, 2.45) is 0 Å². The SMILES string of the molecule is COc1ccccc1C(=O)Nc1nc(C)cc(Cl)n1. The molecule has 0 saturated carbocycles. The zero-order valence-corrected chi connectivity index (χ0v) is 11.2. The first-order valence-corrected chi connectivity index (χ1v) is 5.93. The molecule has 5 nitrogen and oxygen atoms in total. The number of nitrogens with zero attached hydrogens (tertiary/aromatic N) is 2. The second-order valence-corrected chi connectivity index (χ2v) is 4.20. The lowest BCUT2D eigenvalue weighted by Gasteiger charge is -2.08. The topological polar surface area (TPSA) is 64.1 Å². The number of aryl methyl sites for hydroxylation is 1. The molecule has 2 aromatic rings. The van der Waals surface area contributed by atoms with Crippen molar-refractivity contribution in [3.8, 4) is 5.75 Å². The number of ether oxygens (including phenoxy) is 1. The van der Waals surface area contributed by atoms with Crippen LogP contribution in [0.4, 0.5) is 5.95 Å². The summed E-state index contributed by atoms with van der Waals surface area (Å²) in [6, 6.07) is 8.52. The van der Waals surface area contributed by atoms with Crippen LogP contribution >= 0.6 is 11.6 Å². The Bertz CT molecular complexity index is 596. The molecule has 0 saturated heterocycles. The Morgan fingerprint density at radius 3 is 2.74 bits per heavy atom. The summed E-state index contributed by atoms with van der Waals surface area (Å²) in [4.78, 5) is 20.1. The number of carbonyl (C=O) groups excluding carboxylic acids is 1. The summed E-state index contributed by atoms with van der Waals surface area (Å²) >= 11 is 5.81. The summed E-state index contributed by atoms with van der Waals surface area (Å²) in [5.74, 6) is 0.304. The Morgan fingerprint density at radius 1 is 1.32 bits per heavy atom. The number of benzene rings is 1. The van der Waals surface area contributed by atoms with E-state index in [1.165, 1.54) is 7.11 Å². The van der Waals surface area contributed by atoms with Gasteiger partial charge in [0.1, 0.15) is 10.9 Å². The highest BCUT2D eigenvalue weighted by Crippen LogP contribution is 2.18. The van der Waals surface area contributed by atoms with Gasteiger partial charge in [-0.1, -0.05) is 23.7 Å². The van der Waals surface area contributed by atoms with Gasteiger partial charge in [0, 0.05) is 5.69 Å². The molecule has 0 bridgehead atoms. The number of amides is 1. The molecule has 19 heavy (non-hydrogen) atoms. The van der Waals surface area contributed by atoms with E-state index in [9.17, 15) is 4.79 Å². The third-order valence-electron chi connectivity index (χ3n) is 2.40. The van der Waals surface area contributed by atoms with Crippen LogP contribution in [-0.2, 0) is 0 Å². The van der Waals surface area contributed by atoms with Gasteiger partial charge in [-0.3, -0.25) is 10.1 Å². The maximum absolute atomic E-state index is 12.1. The predicted molar refractivity (Wildman–Crippen MR) is 72.7 cm³/mol. The molecule has 1 heterocycles. The van der Waals surface area contributed by atoms with Crippen LogP contribution in [0.15, 0.2) is 30.3 Å². The average Bonchev–Trinajstić information content (AvgIpc) is 2.37. The van der Waals surface area contributed by atoms with Gasteiger partial charge < -0.3 is 4.74 Å². The van der Waals surface area contributed by atoms with Crippen LogP contribution in [0.2, 0.25) is 5.15 Å². The van der Waals surface area contributed by atoms with Crippen molar-refractivity contribution in [3.05, 3.63) is 46.7 Å². The summed E-state index contributed by atoms with van der Waals surface area (Å²) in [6.07, 6.45) is 0. The van der Waals surface area contributed by atoms with Gasteiger partial charge in [-0.25, -0.2) is 9.97 Å². The molecule has 98 valence electrons. The van der Waals surface area contributed by atoms with Crippen molar-refractivity contribution in [1.82, 2.24) is 9.97 Å². The Balaban J connectivity index is 2.25. The Labute approximate surface area is 115 Å². The molecule has 0 atom stereocenters. The van der Waals surface area contributed by atoms with Crippen LogP contribution in [0.25, 0.3) is 0 Å².